The van der Waals surface area contributed by atoms with Gasteiger partial charge in [-0.2, -0.15) is 0 Å². The molecule has 0 heterocycles. The van der Waals surface area contributed by atoms with E-state index in [2.05, 4.69) is 113 Å². The van der Waals surface area contributed by atoms with E-state index in [0.717, 1.165) is 0 Å². The Hall–Kier alpha value is 1.18. The molecule has 0 aliphatic rings. The molecule has 0 bridgehead atoms. The maximum atomic E-state index is 7.02. The molecule has 0 atom stereocenters. The van der Waals surface area contributed by atoms with Gasteiger partial charge in [0.15, 0.2) is 16.6 Å². The van der Waals surface area contributed by atoms with Crippen LogP contribution in [0.3, 0.4) is 0 Å². The van der Waals surface area contributed by atoms with Crippen molar-refractivity contribution in [3.63, 3.8) is 0 Å². The summed E-state index contributed by atoms with van der Waals surface area (Å²) in [5.74, 6) is 0. The van der Waals surface area contributed by atoms with Crippen LogP contribution in [-0.2, 0) is 4.12 Å². The van der Waals surface area contributed by atoms with E-state index in [9.17, 15) is 0 Å². The SMILES string of the molecule is C[Si](C)(CCCN([Si](C)(C)C)[Si](C)(C)C)O[Si](C)(C)CCCN([Si](C)(C)C)[Si](C)(C)C. The molecule has 9 heteroatoms. The molecule has 0 radical (unpaired) electrons. The van der Waals surface area contributed by atoms with Crippen LogP contribution >= 0.6 is 0 Å². The Morgan fingerprint density at radius 1 is 0.419 bits per heavy atom. The van der Waals surface area contributed by atoms with Crippen LogP contribution in [0.25, 0.3) is 0 Å². The van der Waals surface area contributed by atoms with E-state index in [1.165, 1.54) is 38.0 Å². The minimum atomic E-state index is -1.60. The van der Waals surface area contributed by atoms with Gasteiger partial charge in [-0.3, -0.25) is 0 Å². The van der Waals surface area contributed by atoms with E-state index < -0.39 is 49.6 Å². The molecule has 0 aromatic carbocycles. The number of hydrogen-bond donors (Lipinski definition) is 0. The fourth-order valence-electron chi connectivity index (χ4n) is 5.53. The van der Waals surface area contributed by atoms with E-state index in [4.69, 9.17) is 4.12 Å². The third kappa shape index (κ3) is 13.0. The van der Waals surface area contributed by atoms with Crippen LogP contribution in [0, 0.1) is 0 Å². The molecular formula is C22H60N2OSi6. The average Bonchev–Trinajstić information content (AvgIpc) is 2.41. The monoisotopic (exact) mass is 536 g/mol. The van der Waals surface area contributed by atoms with Crippen molar-refractivity contribution in [3.8, 4) is 0 Å². The van der Waals surface area contributed by atoms with Crippen molar-refractivity contribution in [1.29, 1.82) is 0 Å². The molecule has 31 heavy (non-hydrogen) atoms. The number of nitrogens with zero attached hydrogens (tertiary/aromatic N) is 2. The van der Waals surface area contributed by atoms with Crippen LogP contribution in [0.2, 0.25) is 117 Å². The van der Waals surface area contributed by atoms with Crippen LogP contribution in [0.4, 0.5) is 0 Å². The maximum Gasteiger partial charge on any atom is 0.173 e. The van der Waals surface area contributed by atoms with Crippen LogP contribution < -0.4 is 0 Å². The van der Waals surface area contributed by atoms with Gasteiger partial charge in [-0.1, -0.05) is 78.6 Å². The second-order valence-electron chi connectivity index (χ2n) is 14.8. The van der Waals surface area contributed by atoms with Gasteiger partial charge in [0, 0.05) is 0 Å². The van der Waals surface area contributed by atoms with Crippen LogP contribution in [0.15, 0.2) is 0 Å². The van der Waals surface area contributed by atoms with E-state index >= 15 is 0 Å². The van der Waals surface area contributed by atoms with E-state index in [1.54, 1.807) is 0 Å². The van der Waals surface area contributed by atoms with Crippen LogP contribution in [-0.4, -0.2) is 71.1 Å². The molecule has 0 rings (SSSR count). The molecule has 0 spiro atoms. The summed E-state index contributed by atoms with van der Waals surface area (Å²) in [5.41, 5.74) is 0. The Morgan fingerprint density at radius 3 is 0.839 bits per heavy atom. The van der Waals surface area contributed by atoms with Crippen LogP contribution in [0.1, 0.15) is 12.8 Å². The van der Waals surface area contributed by atoms with E-state index in [0.29, 0.717) is 0 Å². The van der Waals surface area contributed by atoms with Gasteiger partial charge in [-0.15, -0.1) is 0 Å². The lowest BCUT2D eigenvalue weighted by Crippen LogP contribution is -2.59. The van der Waals surface area contributed by atoms with Gasteiger partial charge in [0.05, 0.1) is 0 Å². The molecule has 0 fully saturated rings. The lowest BCUT2D eigenvalue weighted by Gasteiger charge is -2.44. The summed E-state index contributed by atoms with van der Waals surface area (Å²) in [6, 6.07) is 2.62. The van der Waals surface area contributed by atoms with Crippen molar-refractivity contribution in [2.45, 2.75) is 130 Å². The van der Waals surface area contributed by atoms with E-state index in [1.807, 2.05) is 0 Å². The molecule has 0 saturated heterocycles. The van der Waals surface area contributed by atoms with Crippen molar-refractivity contribution in [1.82, 2.24) is 8.46 Å². The Kier molecular flexibility index (Phi) is 11.7. The molecule has 0 aliphatic carbocycles. The zero-order valence-corrected chi connectivity index (χ0v) is 30.5. The maximum absolute atomic E-state index is 7.02. The molecule has 0 unspecified atom stereocenters. The van der Waals surface area contributed by atoms with Crippen molar-refractivity contribution in [3.05, 3.63) is 0 Å². The molecular weight excluding hydrogens is 477 g/mol. The first-order valence-corrected chi connectivity index (χ1v) is 32.7. The molecule has 0 aromatic heterocycles. The molecule has 0 amide bonds. The second-order valence-corrected chi connectivity index (χ2v) is 44.1. The Labute approximate surface area is 204 Å². The third-order valence-corrected chi connectivity index (χ3v) is 29.1. The zero-order valence-electron chi connectivity index (χ0n) is 24.5. The van der Waals surface area contributed by atoms with Gasteiger partial charge in [0.1, 0.15) is 32.9 Å². The van der Waals surface area contributed by atoms with Gasteiger partial charge in [-0.05, 0) is 64.2 Å². The topological polar surface area (TPSA) is 15.7 Å². The molecule has 3 nitrogen and oxygen atoms in total. The minimum Gasteiger partial charge on any atom is -0.455 e. The summed E-state index contributed by atoms with van der Waals surface area (Å²) in [6.07, 6.45) is 2.63. The van der Waals surface area contributed by atoms with Crippen LogP contribution in [0.5, 0.6) is 0 Å². The summed E-state index contributed by atoms with van der Waals surface area (Å²) in [5, 5.41) is 0. The van der Waals surface area contributed by atoms with Crippen molar-refractivity contribution >= 4 is 49.6 Å². The lowest BCUT2D eigenvalue weighted by molar-refractivity contribution is 0.511. The first-order chi connectivity index (χ1) is 13.4. The molecule has 0 saturated carbocycles. The smallest absolute Gasteiger partial charge is 0.173 e. The van der Waals surface area contributed by atoms with E-state index in [-0.39, 0.29) is 0 Å². The summed E-state index contributed by atoms with van der Waals surface area (Å²) in [4.78, 5) is 0. The summed E-state index contributed by atoms with van der Waals surface area (Å²) in [7, 11) is -8.19. The molecule has 0 aliphatic heterocycles. The Balaban J connectivity index is 4.83. The van der Waals surface area contributed by atoms with Gasteiger partial charge in [-0.25, -0.2) is 0 Å². The zero-order chi connectivity index (χ0) is 25.1. The molecule has 188 valence electrons. The highest BCUT2D eigenvalue weighted by Gasteiger charge is 2.37. The minimum absolute atomic E-state index is 1.24. The summed E-state index contributed by atoms with van der Waals surface area (Å²) in [6.45, 7) is 42.7. The van der Waals surface area contributed by atoms with Gasteiger partial charge >= 0.3 is 0 Å². The first-order valence-electron chi connectivity index (χ1n) is 12.6. The summed E-state index contributed by atoms with van der Waals surface area (Å²) >= 11 is 0. The predicted octanol–water partition coefficient (Wildman–Crippen LogP) is 8.14. The standard InChI is InChI=1S/C22H60N2OSi6/c1-26(2,3)23(27(4,5)6)19-17-21-30(13,14)25-31(15,16)22-18-20-24(28(7,8)9)29(10,11)12/h17-22H2,1-16H3. The van der Waals surface area contributed by atoms with Crippen molar-refractivity contribution in [2.75, 3.05) is 13.1 Å². The quantitative estimate of drug-likeness (QED) is 0.208. The molecule has 0 aromatic rings. The average molecular weight is 537 g/mol. The first kappa shape index (κ1) is 32.2. The highest BCUT2D eigenvalue weighted by Crippen LogP contribution is 2.27. The third-order valence-electron chi connectivity index (χ3n) is 6.11. The normalized spacial score (nSPS) is 15.3. The summed E-state index contributed by atoms with van der Waals surface area (Å²) < 4.78 is 12.9. The highest BCUT2D eigenvalue weighted by atomic mass is 28.4. The second kappa shape index (κ2) is 11.3. The van der Waals surface area contributed by atoms with Crippen molar-refractivity contribution < 1.29 is 4.12 Å². The van der Waals surface area contributed by atoms with Gasteiger partial charge < -0.3 is 12.6 Å². The Morgan fingerprint density at radius 2 is 0.645 bits per heavy atom. The van der Waals surface area contributed by atoms with Gasteiger partial charge in [0.2, 0.25) is 0 Å². The largest absolute Gasteiger partial charge is 0.455 e. The fourth-order valence-corrected chi connectivity index (χ4v) is 33.8. The van der Waals surface area contributed by atoms with Gasteiger partial charge in [0.25, 0.3) is 0 Å². The predicted molar refractivity (Wildman–Crippen MR) is 162 cm³/mol. The molecule has 0 N–H and O–H groups in total. The Bertz CT molecular complexity index is 466. The van der Waals surface area contributed by atoms with Crippen molar-refractivity contribution in [2.24, 2.45) is 0 Å². The number of rotatable bonds is 14. The fraction of sp³-hybridized carbons (Fsp3) is 1.00. The lowest BCUT2D eigenvalue weighted by atomic mass is 10.5. The number of hydrogen-bond acceptors (Lipinski definition) is 3. The highest BCUT2D eigenvalue weighted by molar-refractivity contribution is 6.90.